The Hall–Kier alpha value is -1.93. The van der Waals surface area contributed by atoms with E-state index in [4.69, 9.17) is 0 Å². The summed E-state index contributed by atoms with van der Waals surface area (Å²) in [5, 5.41) is 10.8. The van der Waals surface area contributed by atoms with E-state index >= 15 is 0 Å². The minimum Gasteiger partial charge on any atom is -0.392 e. The molecular weight excluding hydrogens is 296 g/mol. The summed E-state index contributed by atoms with van der Waals surface area (Å²) in [6.07, 6.45) is 2.30. The largest absolute Gasteiger partial charge is 0.392 e. The first-order valence-electron chi connectivity index (χ1n) is 8.94. The van der Waals surface area contributed by atoms with Crippen LogP contribution in [-0.4, -0.2) is 17.0 Å². The van der Waals surface area contributed by atoms with E-state index in [0.29, 0.717) is 5.92 Å². The van der Waals surface area contributed by atoms with Crippen LogP contribution in [0.2, 0.25) is 0 Å². The van der Waals surface area contributed by atoms with Gasteiger partial charge in [-0.15, -0.1) is 0 Å². The van der Waals surface area contributed by atoms with Gasteiger partial charge in [0.2, 0.25) is 0 Å². The zero-order valence-electron chi connectivity index (χ0n) is 14.3. The van der Waals surface area contributed by atoms with Crippen molar-refractivity contribution in [2.45, 2.75) is 45.1 Å². The Bertz CT molecular complexity index is 775. The van der Waals surface area contributed by atoms with Gasteiger partial charge < -0.3 is 5.11 Å². The number of benzene rings is 2. The molecule has 2 aromatic rings. The quantitative estimate of drug-likeness (QED) is 0.889. The van der Waals surface area contributed by atoms with Gasteiger partial charge >= 0.3 is 0 Å². The van der Waals surface area contributed by atoms with Crippen molar-refractivity contribution in [3.63, 3.8) is 0 Å². The SMILES string of the molecule is Cc1ccc(-c2ccc(C)c(C3C(=O)C4CCC(C4)C3O)c2)cc1. The average molecular weight is 320 g/mol. The molecule has 24 heavy (non-hydrogen) atoms. The van der Waals surface area contributed by atoms with Gasteiger partial charge in [-0.2, -0.15) is 0 Å². The number of fused-ring (bicyclic) bond motifs is 2. The molecule has 0 spiro atoms. The normalized spacial score (nSPS) is 29.0. The molecule has 0 amide bonds. The predicted octanol–water partition coefficient (Wildman–Crippen LogP) is 4.41. The molecule has 4 unspecified atom stereocenters. The zero-order chi connectivity index (χ0) is 16.8. The Labute approximate surface area is 143 Å². The number of aliphatic hydroxyl groups is 1. The van der Waals surface area contributed by atoms with Gasteiger partial charge in [0.1, 0.15) is 5.78 Å². The fraction of sp³-hybridized carbons (Fsp3) is 0.409. The smallest absolute Gasteiger partial charge is 0.146 e. The van der Waals surface area contributed by atoms with Crippen LogP contribution < -0.4 is 0 Å². The fourth-order valence-corrected chi connectivity index (χ4v) is 4.52. The van der Waals surface area contributed by atoms with Crippen molar-refractivity contribution in [3.05, 3.63) is 59.2 Å². The molecule has 2 nitrogen and oxygen atoms in total. The zero-order valence-corrected chi connectivity index (χ0v) is 14.3. The van der Waals surface area contributed by atoms with Gasteiger partial charge in [0.25, 0.3) is 0 Å². The lowest BCUT2D eigenvalue weighted by atomic mass is 9.73. The second-order valence-corrected chi connectivity index (χ2v) is 7.58. The van der Waals surface area contributed by atoms with Crippen molar-refractivity contribution in [2.24, 2.45) is 11.8 Å². The number of carbonyl (C=O) groups excluding carboxylic acids is 1. The number of ketones is 1. The lowest BCUT2D eigenvalue weighted by molar-refractivity contribution is -0.130. The number of rotatable bonds is 2. The van der Waals surface area contributed by atoms with Gasteiger partial charge in [-0.25, -0.2) is 0 Å². The number of aliphatic hydroxyl groups excluding tert-OH is 1. The molecule has 0 aromatic heterocycles. The van der Waals surface area contributed by atoms with Gasteiger partial charge in [-0.05, 0) is 61.3 Å². The predicted molar refractivity (Wildman–Crippen MR) is 95.9 cm³/mol. The third kappa shape index (κ3) is 2.50. The maximum atomic E-state index is 12.9. The third-order valence-corrected chi connectivity index (χ3v) is 6.01. The van der Waals surface area contributed by atoms with Crippen molar-refractivity contribution < 1.29 is 9.90 Å². The van der Waals surface area contributed by atoms with E-state index < -0.39 is 6.10 Å². The lowest BCUT2D eigenvalue weighted by Gasteiger charge is -2.33. The maximum Gasteiger partial charge on any atom is 0.146 e. The topological polar surface area (TPSA) is 37.3 Å². The van der Waals surface area contributed by atoms with Crippen LogP contribution in [0.25, 0.3) is 11.1 Å². The van der Waals surface area contributed by atoms with Gasteiger partial charge in [0, 0.05) is 5.92 Å². The minimum absolute atomic E-state index is 0.158. The molecule has 2 aliphatic carbocycles. The van der Waals surface area contributed by atoms with E-state index in [-0.39, 0.29) is 17.6 Å². The van der Waals surface area contributed by atoms with E-state index in [2.05, 4.69) is 49.4 Å². The van der Waals surface area contributed by atoms with Crippen molar-refractivity contribution in [3.8, 4) is 11.1 Å². The molecule has 0 radical (unpaired) electrons. The second kappa shape index (κ2) is 5.86. The number of Topliss-reactive ketones (excluding diaryl/α,β-unsaturated/α-hetero) is 1. The van der Waals surface area contributed by atoms with Gasteiger partial charge in [-0.1, -0.05) is 48.0 Å². The molecule has 2 saturated carbocycles. The Balaban J connectivity index is 1.76. The Morgan fingerprint density at radius 1 is 0.958 bits per heavy atom. The molecule has 2 aliphatic rings. The summed E-state index contributed by atoms with van der Waals surface area (Å²) in [5.41, 5.74) is 5.63. The third-order valence-electron chi connectivity index (χ3n) is 6.01. The Morgan fingerprint density at radius 3 is 2.42 bits per heavy atom. The van der Waals surface area contributed by atoms with Gasteiger partial charge in [0.15, 0.2) is 0 Å². The summed E-state index contributed by atoms with van der Waals surface area (Å²) in [4.78, 5) is 12.9. The van der Waals surface area contributed by atoms with E-state index in [1.165, 1.54) is 5.56 Å². The summed E-state index contributed by atoms with van der Waals surface area (Å²) < 4.78 is 0. The van der Waals surface area contributed by atoms with Crippen LogP contribution in [0.15, 0.2) is 42.5 Å². The lowest BCUT2D eigenvalue weighted by Crippen LogP contribution is -2.38. The number of aryl methyl sites for hydroxylation is 2. The molecule has 0 saturated heterocycles. The molecule has 1 N–H and O–H groups in total. The van der Waals surface area contributed by atoms with Gasteiger partial charge in [-0.3, -0.25) is 4.79 Å². The average Bonchev–Trinajstić information content (AvgIpc) is 3.03. The molecule has 4 rings (SSSR count). The first kappa shape index (κ1) is 15.6. The van der Waals surface area contributed by atoms with Gasteiger partial charge in [0.05, 0.1) is 12.0 Å². The highest BCUT2D eigenvalue weighted by Crippen LogP contribution is 2.47. The van der Waals surface area contributed by atoms with Crippen molar-refractivity contribution in [2.75, 3.05) is 0 Å². The summed E-state index contributed by atoms with van der Waals surface area (Å²) in [5.74, 6) is 0.355. The Morgan fingerprint density at radius 2 is 1.67 bits per heavy atom. The number of hydrogen-bond acceptors (Lipinski definition) is 2. The van der Waals surface area contributed by atoms with Crippen LogP contribution in [-0.2, 0) is 4.79 Å². The van der Waals surface area contributed by atoms with Crippen molar-refractivity contribution >= 4 is 5.78 Å². The molecule has 4 atom stereocenters. The minimum atomic E-state index is -0.525. The van der Waals surface area contributed by atoms with Crippen molar-refractivity contribution in [1.82, 2.24) is 0 Å². The highest BCUT2D eigenvalue weighted by molar-refractivity contribution is 5.90. The molecule has 0 heterocycles. The molecule has 124 valence electrons. The second-order valence-electron chi connectivity index (χ2n) is 7.58. The van der Waals surface area contributed by atoms with E-state index in [9.17, 15) is 9.90 Å². The summed E-state index contributed by atoms with van der Waals surface area (Å²) >= 11 is 0. The highest BCUT2D eigenvalue weighted by atomic mass is 16.3. The fourth-order valence-electron chi connectivity index (χ4n) is 4.52. The van der Waals surface area contributed by atoms with Crippen LogP contribution in [0.3, 0.4) is 0 Å². The monoisotopic (exact) mass is 320 g/mol. The number of carbonyl (C=O) groups is 1. The molecule has 2 bridgehead atoms. The molecule has 2 heteroatoms. The maximum absolute atomic E-state index is 12.9. The summed E-state index contributed by atoms with van der Waals surface area (Å²) in [6.45, 7) is 4.13. The standard InChI is InChI=1S/C22H24O2/c1-13-3-6-15(7-4-13)16-8-5-14(2)19(12-16)20-21(23)17-9-10-18(11-17)22(20)24/h3-8,12,17-18,20-21,23H,9-11H2,1-2H3. The number of hydrogen-bond donors (Lipinski definition) is 1. The molecule has 0 aliphatic heterocycles. The van der Waals surface area contributed by atoms with Crippen LogP contribution >= 0.6 is 0 Å². The molecular formula is C22H24O2. The van der Waals surface area contributed by atoms with E-state index in [1.54, 1.807) is 0 Å². The molecule has 2 aromatic carbocycles. The highest BCUT2D eigenvalue weighted by Gasteiger charge is 2.47. The first-order chi connectivity index (χ1) is 11.5. The van der Waals surface area contributed by atoms with Crippen LogP contribution in [0.4, 0.5) is 0 Å². The molecule has 2 fully saturated rings. The first-order valence-corrected chi connectivity index (χ1v) is 8.94. The van der Waals surface area contributed by atoms with Crippen LogP contribution in [0, 0.1) is 25.7 Å². The van der Waals surface area contributed by atoms with Crippen molar-refractivity contribution in [1.29, 1.82) is 0 Å². The van der Waals surface area contributed by atoms with E-state index in [1.807, 2.05) is 6.92 Å². The summed E-state index contributed by atoms with van der Waals surface area (Å²) in [6, 6.07) is 14.8. The van der Waals surface area contributed by atoms with Crippen LogP contribution in [0.1, 0.15) is 41.9 Å². The van der Waals surface area contributed by atoms with E-state index in [0.717, 1.165) is 41.5 Å². The summed E-state index contributed by atoms with van der Waals surface area (Å²) in [7, 11) is 0. The Kier molecular flexibility index (Phi) is 3.80. The van der Waals surface area contributed by atoms with Crippen LogP contribution in [0.5, 0.6) is 0 Å².